The molecule has 3 fully saturated rings. The molecule has 0 aromatic heterocycles. The van der Waals surface area contributed by atoms with E-state index in [9.17, 15) is 23.1 Å². The van der Waals surface area contributed by atoms with E-state index in [0.717, 1.165) is 0 Å². The Morgan fingerprint density at radius 1 is 1.45 bits per heavy atom. The van der Waals surface area contributed by atoms with E-state index in [1.54, 1.807) is 6.92 Å². The number of fused-ring (bicyclic) bond motifs is 1. The molecular weight excluding hydrogens is 420 g/mol. The molecule has 3 heterocycles. The molecule has 0 bridgehead atoms. The van der Waals surface area contributed by atoms with E-state index >= 15 is 0 Å². The summed E-state index contributed by atoms with van der Waals surface area (Å²) in [5.41, 5.74) is -1.96. The van der Waals surface area contributed by atoms with E-state index in [4.69, 9.17) is 4.74 Å². The van der Waals surface area contributed by atoms with Crippen LogP contribution in [0.15, 0.2) is 0 Å². The number of aliphatic hydroxyl groups is 1. The molecular formula is C12H16F3IN2O4. The summed E-state index contributed by atoms with van der Waals surface area (Å²) in [5.74, 6) is -3.92. The van der Waals surface area contributed by atoms with Gasteiger partial charge in [-0.3, -0.25) is 15.4 Å². The number of carbonyl (C=O) groups is 1. The number of alkyl halides is 4. The highest BCUT2D eigenvalue weighted by atomic mass is 127. The first-order valence-corrected chi connectivity index (χ1v) is 7.84. The molecule has 6 nitrogen and oxygen atoms in total. The van der Waals surface area contributed by atoms with E-state index in [2.05, 4.69) is 15.4 Å². The Morgan fingerprint density at radius 3 is 2.45 bits per heavy atom. The van der Waals surface area contributed by atoms with Crippen LogP contribution in [0.5, 0.6) is 0 Å². The Bertz CT molecular complexity index is 523. The Kier molecular flexibility index (Phi) is 3.39. The van der Waals surface area contributed by atoms with Crippen LogP contribution in [0, 0.1) is 0 Å². The third-order valence-electron chi connectivity index (χ3n) is 4.50. The molecule has 3 rings (SSSR count). The molecule has 3 saturated heterocycles. The zero-order valence-electron chi connectivity index (χ0n) is 11.9. The standard InChI is InChI=1S/C12H16F3IN2O4/c1-8(3-4-21-10(20,5-8)12(13,14)15)22-7(19)9(2,16)11-6(17-11)18-11/h6,17-18,20H,3-5H2,1-2H3. The van der Waals surface area contributed by atoms with E-state index in [-0.39, 0.29) is 19.2 Å². The lowest BCUT2D eigenvalue weighted by atomic mass is 9.89. The van der Waals surface area contributed by atoms with Crippen LogP contribution in [0.2, 0.25) is 0 Å². The smallest absolute Gasteiger partial charge is 0.443 e. The highest BCUT2D eigenvalue weighted by Crippen LogP contribution is 2.52. The van der Waals surface area contributed by atoms with Gasteiger partial charge in [-0.1, -0.05) is 22.6 Å². The zero-order valence-corrected chi connectivity index (χ0v) is 14.0. The maximum absolute atomic E-state index is 12.9. The van der Waals surface area contributed by atoms with Crippen LogP contribution in [0.1, 0.15) is 26.7 Å². The molecule has 3 unspecified atom stereocenters. The molecule has 0 radical (unpaired) electrons. The third kappa shape index (κ3) is 2.34. The molecule has 0 spiro atoms. The largest absolute Gasteiger partial charge is 0.458 e. The number of esters is 1. The fourth-order valence-corrected chi connectivity index (χ4v) is 3.48. The van der Waals surface area contributed by atoms with Crippen molar-refractivity contribution in [1.82, 2.24) is 10.6 Å². The monoisotopic (exact) mass is 436 g/mol. The van der Waals surface area contributed by atoms with Crippen LogP contribution in [0.4, 0.5) is 13.2 Å². The van der Waals surface area contributed by atoms with E-state index < -0.39 is 39.0 Å². The molecule has 0 amide bonds. The molecule has 10 heteroatoms. The fourth-order valence-electron chi connectivity index (χ4n) is 2.75. The van der Waals surface area contributed by atoms with Crippen molar-refractivity contribution in [2.24, 2.45) is 0 Å². The van der Waals surface area contributed by atoms with Gasteiger partial charge < -0.3 is 14.6 Å². The summed E-state index contributed by atoms with van der Waals surface area (Å²) in [4.78, 5) is 12.4. The van der Waals surface area contributed by atoms with Gasteiger partial charge in [-0.05, 0) is 13.8 Å². The van der Waals surface area contributed by atoms with E-state index in [1.165, 1.54) is 6.92 Å². The number of carbonyl (C=O) groups excluding carboxylic acids is 1. The highest BCUT2D eigenvalue weighted by Gasteiger charge is 2.81. The first kappa shape index (κ1) is 16.7. The number of rotatable bonds is 3. The van der Waals surface area contributed by atoms with Gasteiger partial charge in [0.05, 0.1) is 19.2 Å². The second-order valence-corrected chi connectivity index (χ2v) is 8.59. The lowest BCUT2D eigenvalue weighted by Gasteiger charge is -2.43. The predicted molar refractivity (Wildman–Crippen MR) is 75.9 cm³/mol. The number of hydrogen-bond acceptors (Lipinski definition) is 6. The van der Waals surface area contributed by atoms with Crippen molar-refractivity contribution in [2.75, 3.05) is 6.61 Å². The highest BCUT2D eigenvalue weighted by molar-refractivity contribution is 14.1. The summed E-state index contributed by atoms with van der Waals surface area (Å²) in [5, 5.41) is 15.8. The quantitative estimate of drug-likeness (QED) is 0.262. The van der Waals surface area contributed by atoms with Crippen LogP contribution in [0.25, 0.3) is 0 Å². The number of hydrogen-bond donors (Lipinski definition) is 3. The number of ether oxygens (including phenoxy) is 2. The van der Waals surface area contributed by atoms with Gasteiger partial charge in [0.15, 0.2) is 3.42 Å². The first-order chi connectivity index (χ1) is 9.85. The predicted octanol–water partition coefficient (Wildman–Crippen LogP) is 0.772. The Hall–Kier alpha value is -0.170. The van der Waals surface area contributed by atoms with Crippen molar-refractivity contribution >= 4 is 28.6 Å². The lowest BCUT2D eigenvalue weighted by Crippen LogP contribution is -2.59. The molecule has 3 N–H and O–H groups in total. The SMILES string of the molecule is CC1(OC(=O)C(C)(I)C23NC2N3)CCOC(O)(C(F)(F)F)C1. The molecule has 0 saturated carbocycles. The Balaban J connectivity index is 1.72. The van der Waals surface area contributed by atoms with Gasteiger partial charge in [0.2, 0.25) is 0 Å². The van der Waals surface area contributed by atoms with Gasteiger partial charge in [-0.25, -0.2) is 0 Å². The van der Waals surface area contributed by atoms with Crippen LogP contribution in [-0.2, 0) is 14.3 Å². The van der Waals surface area contributed by atoms with Crippen molar-refractivity contribution in [2.45, 2.75) is 59.5 Å². The van der Waals surface area contributed by atoms with Gasteiger partial charge in [0, 0.05) is 6.42 Å². The average molecular weight is 436 g/mol. The van der Waals surface area contributed by atoms with Crippen molar-refractivity contribution in [3.05, 3.63) is 0 Å². The summed E-state index contributed by atoms with van der Waals surface area (Å²) < 4.78 is 47.6. The van der Waals surface area contributed by atoms with Crippen molar-refractivity contribution in [3.63, 3.8) is 0 Å². The van der Waals surface area contributed by atoms with Crippen molar-refractivity contribution < 1.29 is 32.5 Å². The minimum Gasteiger partial charge on any atom is -0.458 e. The van der Waals surface area contributed by atoms with Gasteiger partial charge in [-0.15, -0.1) is 0 Å². The van der Waals surface area contributed by atoms with E-state index in [1.807, 2.05) is 22.6 Å². The van der Waals surface area contributed by atoms with Crippen LogP contribution >= 0.6 is 22.6 Å². The minimum atomic E-state index is -4.95. The van der Waals surface area contributed by atoms with Crippen LogP contribution in [0.3, 0.4) is 0 Å². The maximum atomic E-state index is 12.9. The molecule has 126 valence electrons. The second-order valence-electron chi connectivity index (χ2n) is 6.43. The molecule has 0 aromatic carbocycles. The van der Waals surface area contributed by atoms with Gasteiger partial charge in [0.1, 0.15) is 11.3 Å². The van der Waals surface area contributed by atoms with Gasteiger partial charge >= 0.3 is 12.1 Å². The molecule has 3 aliphatic rings. The summed E-state index contributed by atoms with van der Waals surface area (Å²) in [7, 11) is 0. The van der Waals surface area contributed by atoms with Gasteiger partial charge in [-0.2, -0.15) is 13.2 Å². The first-order valence-electron chi connectivity index (χ1n) is 6.76. The summed E-state index contributed by atoms with van der Waals surface area (Å²) >= 11 is 1.92. The third-order valence-corrected chi connectivity index (χ3v) is 5.79. The molecule has 0 aliphatic carbocycles. The maximum Gasteiger partial charge on any atom is 0.443 e. The normalized spacial score (nSPS) is 46.4. The lowest BCUT2D eigenvalue weighted by molar-refractivity contribution is -0.391. The van der Waals surface area contributed by atoms with Crippen molar-refractivity contribution in [1.29, 1.82) is 0 Å². The Morgan fingerprint density at radius 2 is 2.00 bits per heavy atom. The topological polar surface area (TPSA) is 99.6 Å². The average Bonchev–Trinajstić information content (AvgIpc) is 3.13. The van der Waals surface area contributed by atoms with Gasteiger partial charge in [0.25, 0.3) is 5.79 Å². The molecule has 22 heavy (non-hydrogen) atoms. The zero-order chi connectivity index (χ0) is 16.6. The second kappa shape index (κ2) is 4.47. The van der Waals surface area contributed by atoms with E-state index in [0.29, 0.717) is 0 Å². The summed E-state index contributed by atoms with van der Waals surface area (Å²) in [6.45, 7) is 2.69. The number of halogens is 4. The molecule has 0 aromatic rings. The summed E-state index contributed by atoms with van der Waals surface area (Å²) in [6, 6.07) is 0. The molecule has 3 atom stereocenters. The Labute approximate surface area is 138 Å². The number of nitrogens with one attached hydrogen (secondary N) is 2. The van der Waals surface area contributed by atoms with Crippen molar-refractivity contribution in [3.8, 4) is 0 Å². The summed E-state index contributed by atoms with van der Waals surface area (Å²) in [6.07, 6.45) is -5.66. The van der Waals surface area contributed by atoms with Crippen LogP contribution in [-0.4, -0.2) is 50.5 Å². The minimum absolute atomic E-state index is 0.0524. The van der Waals surface area contributed by atoms with Crippen LogP contribution < -0.4 is 10.6 Å². The molecule has 3 aliphatic heterocycles. The fraction of sp³-hybridized carbons (Fsp3) is 0.917.